The molecule has 0 saturated carbocycles. The Morgan fingerprint density at radius 3 is 2.23 bits per heavy atom. The molecule has 0 radical (unpaired) electrons. The summed E-state index contributed by atoms with van der Waals surface area (Å²) in [4.78, 5) is 28.9. The second kappa shape index (κ2) is 8.92. The summed E-state index contributed by atoms with van der Waals surface area (Å²) >= 11 is 0. The molecule has 2 aliphatic heterocycles. The zero-order valence-electron chi connectivity index (χ0n) is 15.6. The van der Waals surface area contributed by atoms with E-state index in [1.54, 1.807) is 12.1 Å². The van der Waals surface area contributed by atoms with Crippen LogP contribution in [0, 0.1) is 0 Å². The predicted octanol–water partition coefficient (Wildman–Crippen LogP) is 2.89. The van der Waals surface area contributed by atoms with Gasteiger partial charge in [-0.15, -0.1) is 0 Å². The van der Waals surface area contributed by atoms with Crippen molar-refractivity contribution in [3.63, 3.8) is 0 Å². The third-order valence-electron chi connectivity index (χ3n) is 5.15. The van der Waals surface area contributed by atoms with Crippen molar-refractivity contribution < 1.29 is 14.3 Å². The number of carbonyl (C=O) groups is 2. The number of nitrogens with one attached hydrogen (secondary N) is 1. The number of likely N-dealkylation sites (tertiary alicyclic amines) is 2. The highest BCUT2D eigenvalue weighted by Crippen LogP contribution is 2.17. The number of hydrogen-bond donors (Lipinski definition) is 1. The predicted molar refractivity (Wildman–Crippen MR) is 100 cm³/mol. The van der Waals surface area contributed by atoms with E-state index >= 15 is 0 Å². The third-order valence-corrected chi connectivity index (χ3v) is 5.15. The van der Waals surface area contributed by atoms with E-state index in [9.17, 15) is 9.59 Å². The fourth-order valence-corrected chi connectivity index (χ4v) is 3.64. The van der Waals surface area contributed by atoms with Gasteiger partial charge in [-0.25, -0.2) is 4.79 Å². The number of ether oxygens (including phenoxy) is 1. The van der Waals surface area contributed by atoms with Crippen molar-refractivity contribution in [1.82, 2.24) is 15.1 Å². The quantitative estimate of drug-likeness (QED) is 0.899. The number of amides is 3. The first-order valence-corrected chi connectivity index (χ1v) is 9.75. The molecule has 3 rings (SSSR count). The Bertz CT molecular complexity index is 603. The maximum absolute atomic E-state index is 12.5. The zero-order valence-corrected chi connectivity index (χ0v) is 15.6. The summed E-state index contributed by atoms with van der Waals surface area (Å²) in [6.45, 7) is 5.73. The van der Waals surface area contributed by atoms with Gasteiger partial charge in [0.15, 0.2) is 0 Å². The van der Waals surface area contributed by atoms with Gasteiger partial charge in [0.05, 0.1) is 6.61 Å². The van der Waals surface area contributed by atoms with E-state index in [0.29, 0.717) is 25.3 Å². The molecule has 2 fully saturated rings. The molecule has 0 unspecified atom stereocenters. The Labute approximate surface area is 155 Å². The standard InChI is InChI=1S/C20H29N3O3/c1-2-26-18-8-6-16(7-9-18)19(24)21-17-10-14-23(15-11-17)20(25)22-12-4-3-5-13-22/h6-9,17H,2-5,10-15H2,1H3,(H,21,24). The summed E-state index contributed by atoms with van der Waals surface area (Å²) in [5.74, 6) is 0.711. The Balaban J connectivity index is 1.45. The number of piperidine rings is 2. The molecule has 0 atom stereocenters. The van der Waals surface area contributed by atoms with Crippen LogP contribution in [-0.4, -0.2) is 60.6 Å². The molecule has 2 heterocycles. The van der Waals surface area contributed by atoms with Gasteiger partial charge in [-0.1, -0.05) is 0 Å². The van der Waals surface area contributed by atoms with Crippen molar-refractivity contribution in [2.24, 2.45) is 0 Å². The normalized spacial score (nSPS) is 18.5. The van der Waals surface area contributed by atoms with E-state index in [-0.39, 0.29) is 18.0 Å². The maximum atomic E-state index is 12.5. The summed E-state index contributed by atoms with van der Waals surface area (Å²) in [5.41, 5.74) is 0.639. The van der Waals surface area contributed by atoms with Crippen LogP contribution in [0.1, 0.15) is 49.4 Å². The van der Waals surface area contributed by atoms with Crippen LogP contribution in [0.25, 0.3) is 0 Å². The van der Waals surface area contributed by atoms with Crippen LogP contribution in [0.4, 0.5) is 4.79 Å². The average molecular weight is 359 g/mol. The second-order valence-electron chi connectivity index (χ2n) is 7.02. The van der Waals surface area contributed by atoms with E-state index in [2.05, 4.69) is 5.32 Å². The second-order valence-corrected chi connectivity index (χ2v) is 7.02. The van der Waals surface area contributed by atoms with E-state index in [0.717, 1.165) is 44.5 Å². The number of hydrogen-bond acceptors (Lipinski definition) is 3. The van der Waals surface area contributed by atoms with Crippen LogP contribution in [0.3, 0.4) is 0 Å². The molecule has 0 spiro atoms. The van der Waals surface area contributed by atoms with Crippen molar-refractivity contribution in [3.05, 3.63) is 29.8 Å². The SMILES string of the molecule is CCOc1ccc(C(=O)NC2CCN(C(=O)N3CCCCC3)CC2)cc1. The number of nitrogens with zero attached hydrogens (tertiary/aromatic N) is 2. The van der Waals surface area contributed by atoms with Crippen LogP contribution in [0.2, 0.25) is 0 Å². The van der Waals surface area contributed by atoms with Crippen molar-refractivity contribution in [2.45, 2.75) is 45.1 Å². The van der Waals surface area contributed by atoms with E-state index < -0.39 is 0 Å². The van der Waals surface area contributed by atoms with Gasteiger partial charge in [0.25, 0.3) is 5.91 Å². The largest absolute Gasteiger partial charge is 0.494 e. The van der Waals surface area contributed by atoms with Gasteiger partial charge in [0.2, 0.25) is 0 Å². The minimum atomic E-state index is -0.0612. The maximum Gasteiger partial charge on any atom is 0.319 e. The highest BCUT2D eigenvalue weighted by atomic mass is 16.5. The number of benzene rings is 1. The molecule has 1 N–H and O–H groups in total. The highest BCUT2D eigenvalue weighted by molar-refractivity contribution is 5.94. The van der Waals surface area contributed by atoms with Gasteiger partial charge in [0, 0.05) is 37.8 Å². The fraction of sp³-hybridized carbons (Fsp3) is 0.600. The highest BCUT2D eigenvalue weighted by Gasteiger charge is 2.27. The Morgan fingerprint density at radius 1 is 1.00 bits per heavy atom. The molecule has 2 saturated heterocycles. The Morgan fingerprint density at radius 2 is 1.62 bits per heavy atom. The molecule has 0 aromatic heterocycles. The average Bonchev–Trinajstić information content (AvgIpc) is 2.69. The molecular weight excluding hydrogens is 330 g/mol. The van der Waals surface area contributed by atoms with Crippen molar-refractivity contribution in [3.8, 4) is 5.75 Å². The molecule has 1 aromatic carbocycles. The zero-order chi connectivity index (χ0) is 18.4. The van der Waals surface area contributed by atoms with Gasteiger partial charge in [-0.05, 0) is 63.3 Å². The van der Waals surface area contributed by atoms with Crippen molar-refractivity contribution in [2.75, 3.05) is 32.8 Å². The lowest BCUT2D eigenvalue weighted by Gasteiger charge is -2.37. The first-order chi connectivity index (χ1) is 12.7. The molecule has 2 aliphatic rings. The monoisotopic (exact) mass is 359 g/mol. The van der Waals surface area contributed by atoms with Gasteiger partial charge in [-0.3, -0.25) is 4.79 Å². The van der Waals surface area contributed by atoms with Crippen LogP contribution < -0.4 is 10.1 Å². The lowest BCUT2D eigenvalue weighted by molar-refractivity contribution is 0.0908. The lowest BCUT2D eigenvalue weighted by Crippen LogP contribution is -2.51. The van der Waals surface area contributed by atoms with Gasteiger partial charge in [0.1, 0.15) is 5.75 Å². The summed E-state index contributed by atoms with van der Waals surface area (Å²) in [6, 6.07) is 7.50. The number of carbonyl (C=O) groups excluding carboxylic acids is 2. The molecule has 142 valence electrons. The summed E-state index contributed by atoms with van der Waals surface area (Å²) in [7, 11) is 0. The minimum absolute atomic E-state index is 0.0612. The molecule has 1 aromatic rings. The fourth-order valence-electron chi connectivity index (χ4n) is 3.64. The van der Waals surface area contributed by atoms with Crippen LogP contribution in [-0.2, 0) is 0 Å². The van der Waals surface area contributed by atoms with Gasteiger partial charge in [-0.2, -0.15) is 0 Å². The molecule has 0 bridgehead atoms. The molecular formula is C20H29N3O3. The van der Waals surface area contributed by atoms with E-state index in [1.807, 2.05) is 28.9 Å². The van der Waals surface area contributed by atoms with Crippen LogP contribution in [0.5, 0.6) is 5.75 Å². The molecule has 6 nitrogen and oxygen atoms in total. The van der Waals surface area contributed by atoms with Crippen LogP contribution >= 0.6 is 0 Å². The Hall–Kier alpha value is -2.24. The smallest absolute Gasteiger partial charge is 0.319 e. The first kappa shape index (κ1) is 18.5. The third kappa shape index (κ3) is 4.68. The Kier molecular flexibility index (Phi) is 6.36. The van der Waals surface area contributed by atoms with E-state index in [4.69, 9.17) is 4.74 Å². The molecule has 26 heavy (non-hydrogen) atoms. The molecule has 0 aliphatic carbocycles. The summed E-state index contributed by atoms with van der Waals surface area (Å²) < 4.78 is 5.40. The van der Waals surface area contributed by atoms with Crippen molar-refractivity contribution >= 4 is 11.9 Å². The first-order valence-electron chi connectivity index (χ1n) is 9.75. The van der Waals surface area contributed by atoms with Gasteiger partial charge >= 0.3 is 6.03 Å². The van der Waals surface area contributed by atoms with Crippen molar-refractivity contribution in [1.29, 1.82) is 0 Å². The summed E-state index contributed by atoms with van der Waals surface area (Å²) in [5, 5.41) is 3.09. The molecule has 6 heteroatoms. The number of rotatable bonds is 4. The van der Waals surface area contributed by atoms with E-state index in [1.165, 1.54) is 6.42 Å². The summed E-state index contributed by atoms with van der Waals surface area (Å²) in [6.07, 6.45) is 5.06. The topological polar surface area (TPSA) is 61.9 Å². The lowest BCUT2D eigenvalue weighted by atomic mass is 10.0. The molecule has 3 amide bonds. The minimum Gasteiger partial charge on any atom is -0.494 e. The van der Waals surface area contributed by atoms with Crippen LogP contribution in [0.15, 0.2) is 24.3 Å². The number of urea groups is 1. The van der Waals surface area contributed by atoms with Gasteiger partial charge < -0.3 is 19.9 Å².